The highest BCUT2D eigenvalue weighted by Gasteiger charge is 2.11. The average Bonchev–Trinajstić information content (AvgIpc) is 2.89. The Morgan fingerprint density at radius 2 is 1.78 bits per heavy atom. The van der Waals surface area contributed by atoms with Crippen LogP contribution in [-0.2, 0) is 0 Å². The van der Waals surface area contributed by atoms with Crippen molar-refractivity contribution in [3.8, 4) is 11.3 Å². The highest BCUT2D eigenvalue weighted by atomic mass is 35.5. The van der Waals surface area contributed by atoms with Crippen LogP contribution >= 0.6 is 22.9 Å². The summed E-state index contributed by atoms with van der Waals surface area (Å²) in [7, 11) is 0. The first kappa shape index (κ1) is 15.5. The molecular formula is C16H12ClN3O2S. The third-order valence-corrected chi connectivity index (χ3v) is 4.38. The second-order valence-electron chi connectivity index (χ2n) is 4.86. The van der Waals surface area contributed by atoms with Crippen LogP contribution in [0.4, 0.5) is 16.5 Å². The minimum Gasteiger partial charge on any atom is -0.332 e. The summed E-state index contributed by atoms with van der Waals surface area (Å²) < 4.78 is 0. The number of hydrogen-bond donors (Lipinski definition) is 1. The van der Waals surface area contributed by atoms with E-state index in [1.54, 1.807) is 12.1 Å². The van der Waals surface area contributed by atoms with Gasteiger partial charge in [-0.05, 0) is 31.2 Å². The molecule has 3 rings (SSSR count). The topological polar surface area (TPSA) is 68.1 Å². The number of non-ortho nitro benzene ring substituents is 1. The Bertz CT molecular complexity index is 845. The van der Waals surface area contributed by atoms with Gasteiger partial charge >= 0.3 is 0 Å². The molecule has 0 atom stereocenters. The van der Waals surface area contributed by atoms with E-state index >= 15 is 0 Å². The van der Waals surface area contributed by atoms with Crippen LogP contribution in [0.1, 0.15) is 4.88 Å². The van der Waals surface area contributed by atoms with Crippen LogP contribution in [-0.4, -0.2) is 9.91 Å². The summed E-state index contributed by atoms with van der Waals surface area (Å²) in [5.41, 5.74) is 2.72. The molecule has 116 valence electrons. The van der Waals surface area contributed by atoms with Crippen molar-refractivity contribution >= 4 is 39.4 Å². The number of anilines is 2. The molecule has 0 amide bonds. The van der Waals surface area contributed by atoms with Crippen LogP contribution in [0, 0.1) is 17.0 Å². The number of aromatic nitrogens is 1. The molecule has 23 heavy (non-hydrogen) atoms. The van der Waals surface area contributed by atoms with Crippen LogP contribution < -0.4 is 5.32 Å². The third kappa shape index (κ3) is 3.49. The van der Waals surface area contributed by atoms with E-state index in [-0.39, 0.29) is 5.69 Å². The molecule has 5 nitrogen and oxygen atoms in total. The molecule has 7 heteroatoms. The highest BCUT2D eigenvalue weighted by molar-refractivity contribution is 7.16. The molecule has 0 saturated heterocycles. The lowest BCUT2D eigenvalue weighted by atomic mass is 10.1. The number of benzene rings is 2. The molecular weight excluding hydrogens is 334 g/mol. The zero-order chi connectivity index (χ0) is 16.4. The van der Waals surface area contributed by atoms with Crippen LogP contribution in [0.2, 0.25) is 5.02 Å². The Morgan fingerprint density at radius 1 is 1.13 bits per heavy atom. The van der Waals surface area contributed by atoms with Crippen molar-refractivity contribution in [3.63, 3.8) is 0 Å². The fourth-order valence-electron chi connectivity index (χ4n) is 2.12. The number of nitro groups is 1. The molecule has 0 radical (unpaired) electrons. The number of aryl methyl sites for hydroxylation is 1. The summed E-state index contributed by atoms with van der Waals surface area (Å²) in [4.78, 5) is 15.9. The highest BCUT2D eigenvalue weighted by Crippen LogP contribution is 2.32. The summed E-state index contributed by atoms with van der Waals surface area (Å²) in [6.07, 6.45) is 0. The van der Waals surface area contributed by atoms with Gasteiger partial charge < -0.3 is 5.32 Å². The van der Waals surface area contributed by atoms with Gasteiger partial charge in [0.2, 0.25) is 0 Å². The van der Waals surface area contributed by atoms with E-state index in [4.69, 9.17) is 11.6 Å². The molecule has 0 saturated carbocycles. The lowest BCUT2D eigenvalue weighted by molar-refractivity contribution is -0.384. The molecule has 0 unspecified atom stereocenters. The van der Waals surface area contributed by atoms with Gasteiger partial charge in [0, 0.05) is 33.3 Å². The Hall–Kier alpha value is -2.44. The number of nitrogens with one attached hydrogen (secondary N) is 1. The number of halogens is 1. The molecule has 1 N–H and O–H groups in total. The number of nitro benzene ring substituents is 1. The van der Waals surface area contributed by atoms with Crippen molar-refractivity contribution in [2.24, 2.45) is 0 Å². The smallest absolute Gasteiger partial charge is 0.269 e. The molecule has 2 aromatic carbocycles. The minimum absolute atomic E-state index is 0.0627. The second kappa shape index (κ2) is 6.36. The van der Waals surface area contributed by atoms with Crippen molar-refractivity contribution in [2.75, 3.05) is 5.32 Å². The maximum atomic E-state index is 10.7. The van der Waals surface area contributed by atoms with Crippen molar-refractivity contribution in [3.05, 3.63) is 68.5 Å². The van der Waals surface area contributed by atoms with Crippen molar-refractivity contribution in [2.45, 2.75) is 6.92 Å². The Morgan fingerprint density at radius 3 is 2.39 bits per heavy atom. The monoisotopic (exact) mass is 345 g/mol. The van der Waals surface area contributed by atoms with Gasteiger partial charge in [0.15, 0.2) is 5.13 Å². The molecule has 0 aliphatic carbocycles. The van der Waals surface area contributed by atoms with E-state index in [2.05, 4.69) is 10.3 Å². The van der Waals surface area contributed by atoms with E-state index < -0.39 is 4.92 Å². The largest absolute Gasteiger partial charge is 0.332 e. The lowest BCUT2D eigenvalue weighted by Gasteiger charge is -2.01. The van der Waals surface area contributed by atoms with E-state index in [0.29, 0.717) is 5.02 Å². The van der Waals surface area contributed by atoms with Crippen molar-refractivity contribution in [1.29, 1.82) is 0 Å². The first-order valence-electron chi connectivity index (χ1n) is 6.78. The zero-order valence-electron chi connectivity index (χ0n) is 12.1. The first-order valence-corrected chi connectivity index (χ1v) is 7.97. The van der Waals surface area contributed by atoms with Gasteiger partial charge in [-0.3, -0.25) is 10.1 Å². The van der Waals surface area contributed by atoms with Gasteiger partial charge in [0.1, 0.15) is 0 Å². The predicted octanol–water partition coefficient (Wildman–Crippen LogP) is 5.42. The fraction of sp³-hybridized carbons (Fsp3) is 0.0625. The van der Waals surface area contributed by atoms with Crippen LogP contribution in [0.3, 0.4) is 0 Å². The third-order valence-electron chi connectivity index (χ3n) is 3.24. The first-order chi connectivity index (χ1) is 11.0. The zero-order valence-corrected chi connectivity index (χ0v) is 13.7. The van der Waals surface area contributed by atoms with E-state index in [9.17, 15) is 10.1 Å². The van der Waals surface area contributed by atoms with Crippen LogP contribution in [0.15, 0.2) is 48.5 Å². The summed E-state index contributed by atoms with van der Waals surface area (Å²) in [5.74, 6) is 0. The van der Waals surface area contributed by atoms with E-state index in [1.807, 2.05) is 31.2 Å². The van der Waals surface area contributed by atoms with Crippen molar-refractivity contribution in [1.82, 2.24) is 4.98 Å². The van der Waals surface area contributed by atoms with Gasteiger partial charge in [-0.25, -0.2) is 4.98 Å². The molecule has 0 spiro atoms. The summed E-state index contributed by atoms with van der Waals surface area (Å²) >= 11 is 7.44. The standard InChI is InChI=1S/C16H12ClN3O2S/c1-10-15(11-2-4-12(17)5-3-11)19-16(23-10)18-13-6-8-14(9-7-13)20(21)22/h2-9H,1H3,(H,18,19). The quantitative estimate of drug-likeness (QED) is 0.506. The molecule has 0 fully saturated rings. The summed E-state index contributed by atoms with van der Waals surface area (Å²) in [6, 6.07) is 13.8. The number of thiazole rings is 1. The summed E-state index contributed by atoms with van der Waals surface area (Å²) in [6.45, 7) is 2.00. The Labute approximate surface area is 141 Å². The lowest BCUT2D eigenvalue weighted by Crippen LogP contribution is -1.91. The van der Waals surface area contributed by atoms with Gasteiger partial charge in [-0.15, -0.1) is 11.3 Å². The van der Waals surface area contributed by atoms with Crippen LogP contribution in [0.25, 0.3) is 11.3 Å². The Balaban J connectivity index is 1.83. The Kier molecular flexibility index (Phi) is 4.27. The molecule has 0 aliphatic heterocycles. The van der Waals surface area contributed by atoms with Gasteiger partial charge in [-0.1, -0.05) is 23.7 Å². The predicted molar refractivity (Wildman–Crippen MR) is 93.7 cm³/mol. The maximum Gasteiger partial charge on any atom is 0.269 e. The maximum absolute atomic E-state index is 10.7. The van der Waals surface area contributed by atoms with E-state index in [0.717, 1.165) is 27.0 Å². The molecule has 1 aromatic heterocycles. The normalized spacial score (nSPS) is 10.5. The van der Waals surface area contributed by atoms with Gasteiger partial charge in [0.25, 0.3) is 5.69 Å². The second-order valence-corrected chi connectivity index (χ2v) is 6.50. The number of rotatable bonds is 4. The van der Waals surface area contributed by atoms with Gasteiger partial charge in [-0.2, -0.15) is 0 Å². The summed E-state index contributed by atoms with van der Waals surface area (Å²) in [5, 5.41) is 15.3. The molecule has 0 bridgehead atoms. The van der Waals surface area contributed by atoms with E-state index in [1.165, 1.54) is 23.5 Å². The SMILES string of the molecule is Cc1sc(Nc2ccc([N+](=O)[O-])cc2)nc1-c1ccc(Cl)cc1. The minimum atomic E-state index is -0.421. The fourth-order valence-corrected chi connectivity index (χ4v) is 3.10. The number of hydrogen-bond acceptors (Lipinski definition) is 5. The molecule has 3 aromatic rings. The number of nitrogens with zero attached hydrogens (tertiary/aromatic N) is 2. The molecule has 0 aliphatic rings. The van der Waals surface area contributed by atoms with Gasteiger partial charge in [0.05, 0.1) is 10.6 Å². The van der Waals surface area contributed by atoms with Crippen molar-refractivity contribution < 1.29 is 4.92 Å². The van der Waals surface area contributed by atoms with Crippen LogP contribution in [0.5, 0.6) is 0 Å². The average molecular weight is 346 g/mol. The molecule has 1 heterocycles.